The molecule has 0 bridgehead atoms. The molecule has 1 aliphatic heterocycles. The molecule has 1 aliphatic rings. The van der Waals surface area contributed by atoms with E-state index in [-0.39, 0.29) is 11.5 Å². The SMILES string of the molecule is CNc1cc(-c2cccc(N3CCNc4cc(C)c(C)cc4C3=O)c2C=O)cn(C)c1=O. The van der Waals surface area contributed by atoms with Crippen molar-refractivity contribution in [3.05, 3.63) is 75.2 Å². The van der Waals surface area contributed by atoms with E-state index in [0.717, 1.165) is 23.1 Å². The number of benzene rings is 2. The number of aromatic nitrogens is 1. The molecular formula is C25H26N4O3. The van der Waals surface area contributed by atoms with Crippen LogP contribution in [0.4, 0.5) is 17.1 Å². The van der Waals surface area contributed by atoms with Crippen LogP contribution in [0.1, 0.15) is 31.8 Å². The van der Waals surface area contributed by atoms with Crippen molar-refractivity contribution in [2.45, 2.75) is 13.8 Å². The number of hydrogen-bond donors (Lipinski definition) is 2. The molecule has 0 saturated heterocycles. The number of pyridine rings is 1. The van der Waals surface area contributed by atoms with Crippen LogP contribution in [-0.2, 0) is 7.05 Å². The Bertz CT molecular complexity index is 1290. The molecule has 2 aromatic carbocycles. The second-order valence-electron chi connectivity index (χ2n) is 8.03. The Morgan fingerprint density at radius 3 is 2.53 bits per heavy atom. The molecule has 7 heteroatoms. The van der Waals surface area contributed by atoms with E-state index in [9.17, 15) is 14.4 Å². The maximum atomic E-state index is 13.5. The molecule has 3 aromatic rings. The lowest BCUT2D eigenvalue weighted by molar-refractivity contribution is 0.0990. The summed E-state index contributed by atoms with van der Waals surface area (Å²) in [7, 11) is 3.35. The maximum Gasteiger partial charge on any atom is 0.273 e. The molecule has 4 rings (SSSR count). The van der Waals surface area contributed by atoms with Gasteiger partial charge in [0.2, 0.25) is 0 Å². The van der Waals surface area contributed by atoms with Crippen LogP contribution < -0.4 is 21.1 Å². The highest BCUT2D eigenvalue weighted by Gasteiger charge is 2.27. The van der Waals surface area contributed by atoms with E-state index in [4.69, 9.17) is 0 Å². The third-order valence-corrected chi connectivity index (χ3v) is 6.02. The summed E-state index contributed by atoms with van der Waals surface area (Å²) in [4.78, 5) is 39.7. The average Bonchev–Trinajstić information content (AvgIpc) is 2.94. The molecule has 0 saturated carbocycles. The Hall–Kier alpha value is -3.87. The van der Waals surface area contributed by atoms with Gasteiger partial charge in [0.05, 0.1) is 11.3 Å². The first-order valence-electron chi connectivity index (χ1n) is 10.5. The van der Waals surface area contributed by atoms with Crippen LogP contribution in [-0.4, -0.2) is 36.9 Å². The molecule has 0 radical (unpaired) electrons. The fourth-order valence-corrected chi connectivity index (χ4v) is 4.12. The summed E-state index contributed by atoms with van der Waals surface area (Å²) in [6.45, 7) is 4.98. The van der Waals surface area contributed by atoms with Crippen LogP contribution in [0.3, 0.4) is 0 Å². The van der Waals surface area contributed by atoms with Crippen LogP contribution >= 0.6 is 0 Å². The van der Waals surface area contributed by atoms with E-state index in [2.05, 4.69) is 10.6 Å². The van der Waals surface area contributed by atoms with Crippen LogP contribution in [0, 0.1) is 13.8 Å². The molecule has 1 amide bonds. The number of aldehydes is 1. The predicted molar refractivity (Wildman–Crippen MR) is 128 cm³/mol. The molecule has 7 nitrogen and oxygen atoms in total. The number of aryl methyl sites for hydroxylation is 3. The molecule has 32 heavy (non-hydrogen) atoms. The van der Waals surface area contributed by atoms with E-state index in [0.29, 0.717) is 46.7 Å². The van der Waals surface area contributed by atoms with Gasteiger partial charge in [-0.2, -0.15) is 0 Å². The molecule has 1 aromatic heterocycles. The summed E-state index contributed by atoms with van der Waals surface area (Å²) in [5.41, 5.74) is 6.16. The Labute approximate surface area is 186 Å². The topological polar surface area (TPSA) is 83.4 Å². The molecule has 0 spiro atoms. The van der Waals surface area contributed by atoms with Crippen molar-refractivity contribution in [2.75, 3.05) is 35.7 Å². The van der Waals surface area contributed by atoms with E-state index >= 15 is 0 Å². The minimum Gasteiger partial charge on any atom is -0.384 e. The van der Waals surface area contributed by atoms with Crippen molar-refractivity contribution in [3.8, 4) is 11.1 Å². The zero-order valence-electron chi connectivity index (χ0n) is 18.7. The van der Waals surface area contributed by atoms with Gasteiger partial charge in [-0.1, -0.05) is 12.1 Å². The van der Waals surface area contributed by atoms with Gasteiger partial charge >= 0.3 is 0 Å². The van der Waals surface area contributed by atoms with Gasteiger partial charge in [0.1, 0.15) is 5.69 Å². The Morgan fingerprint density at radius 1 is 1.06 bits per heavy atom. The molecule has 0 unspecified atom stereocenters. The summed E-state index contributed by atoms with van der Waals surface area (Å²) in [5, 5.41) is 6.24. The Morgan fingerprint density at radius 2 is 1.81 bits per heavy atom. The first kappa shape index (κ1) is 21.4. The van der Waals surface area contributed by atoms with Crippen molar-refractivity contribution in [1.29, 1.82) is 0 Å². The van der Waals surface area contributed by atoms with E-state index < -0.39 is 0 Å². The first-order chi connectivity index (χ1) is 15.3. The third-order valence-electron chi connectivity index (χ3n) is 6.02. The lowest BCUT2D eigenvalue weighted by Gasteiger charge is -2.24. The smallest absolute Gasteiger partial charge is 0.273 e. The lowest BCUT2D eigenvalue weighted by atomic mass is 9.98. The summed E-state index contributed by atoms with van der Waals surface area (Å²) in [5.74, 6) is -0.148. The van der Waals surface area contributed by atoms with Gasteiger partial charge in [0.15, 0.2) is 6.29 Å². The second kappa shape index (κ2) is 8.34. The van der Waals surface area contributed by atoms with Crippen molar-refractivity contribution in [2.24, 2.45) is 7.05 Å². The summed E-state index contributed by atoms with van der Waals surface area (Å²) in [6.07, 6.45) is 2.48. The number of fused-ring (bicyclic) bond motifs is 1. The minimum atomic E-state index is -0.156. The first-order valence-corrected chi connectivity index (χ1v) is 10.5. The highest BCUT2D eigenvalue weighted by Crippen LogP contribution is 2.33. The highest BCUT2D eigenvalue weighted by molar-refractivity contribution is 6.13. The number of carbonyl (C=O) groups excluding carboxylic acids is 2. The zero-order chi connectivity index (χ0) is 23.0. The summed E-state index contributed by atoms with van der Waals surface area (Å²) in [6, 6.07) is 11.1. The van der Waals surface area contributed by atoms with Crippen LogP contribution in [0.15, 0.2) is 47.4 Å². The molecule has 2 heterocycles. The van der Waals surface area contributed by atoms with Crippen molar-refractivity contribution in [1.82, 2.24) is 4.57 Å². The van der Waals surface area contributed by atoms with Gasteiger partial charge in [-0.15, -0.1) is 0 Å². The van der Waals surface area contributed by atoms with Gasteiger partial charge in [-0.05, 0) is 54.8 Å². The van der Waals surface area contributed by atoms with Crippen molar-refractivity contribution in [3.63, 3.8) is 0 Å². The predicted octanol–water partition coefficient (Wildman–Crippen LogP) is 3.60. The lowest BCUT2D eigenvalue weighted by Crippen LogP contribution is -2.33. The standard InChI is InChI=1S/C25H26N4O3/c1-15-10-19-21(11-16(15)2)27-8-9-29(24(19)31)23-7-5-6-18(20(23)14-30)17-12-22(26-3)25(32)28(4)13-17/h5-7,10-14,26-27H,8-9H2,1-4H3. The number of amides is 1. The molecule has 164 valence electrons. The maximum absolute atomic E-state index is 13.5. The number of carbonyl (C=O) groups is 2. The van der Waals surface area contributed by atoms with Crippen LogP contribution in [0.25, 0.3) is 11.1 Å². The summed E-state index contributed by atoms with van der Waals surface area (Å²) < 4.78 is 1.48. The quantitative estimate of drug-likeness (QED) is 0.618. The Kier molecular flexibility index (Phi) is 5.57. The second-order valence-corrected chi connectivity index (χ2v) is 8.03. The molecule has 0 aliphatic carbocycles. The van der Waals surface area contributed by atoms with E-state index in [1.165, 1.54) is 4.57 Å². The van der Waals surface area contributed by atoms with Crippen molar-refractivity contribution >= 4 is 29.3 Å². The number of hydrogen-bond acceptors (Lipinski definition) is 5. The Balaban J connectivity index is 1.86. The van der Waals surface area contributed by atoms with Crippen molar-refractivity contribution < 1.29 is 9.59 Å². The van der Waals surface area contributed by atoms with Crippen LogP contribution in [0.5, 0.6) is 0 Å². The number of nitrogens with zero attached hydrogens (tertiary/aromatic N) is 2. The average molecular weight is 431 g/mol. The number of rotatable bonds is 4. The molecule has 0 fully saturated rings. The van der Waals surface area contributed by atoms with Gasteiger partial charge < -0.3 is 20.1 Å². The fourth-order valence-electron chi connectivity index (χ4n) is 4.12. The zero-order valence-corrected chi connectivity index (χ0v) is 18.7. The molecule has 2 N–H and O–H groups in total. The normalized spacial score (nSPS) is 13.2. The van der Waals surface area contributed by atoms with Gasteiger partial charge in [0.25, 0.3) is 11.5 Å². The molecular weight excluding hydrogens is 404 g/mol. The minimum absolute atomic E-state index is 0.148. The number of anilines is 3. The third kappa shape index (κ3) is 3.56. The van der Waals surface area contributed by atoms with E-state index in [1.54, 1.807) is 37.3 Å². The summed E-state index contributed by atoms with van der Waals surface area (Å²) >= 11 is 0. The monoisotopic (exact) mass is 430 g/mol. The van der Waals surface area contributed by atoms with Crippen LogP contribution in [0.2, 0.25) is 0 Å². The van der Waals surface area contributed by atoms with Gasteiger partial charge in [-0.3, -0.25) is 14.4 Å². The molecule has 0 atom stereocenters. The number of nitrogens with one attached hydrogen (secondary N) is 2. The van der Waals surface area contributed by atoms with E-state index in [1.807, 2.05) is 38.1 Å². The largest absolute Gasteiger partial charge is 0.384 e. The van der Waals surface area contributed by atoms with Gasteiger partial charge in [-0.25, -0.2) is 0 Å². The van der Waals surface area contributed by atoms with Gasteiger partial charge in [0, 0.05) is 50.2 Å². The fraction of sp³-hybridized carbons (Fsp3) is 0.240. The highest BCUT2D eigenvalue weighted by atomic mass is 16.2.